The monoisotopic (exact) mass is 544 g/mol. The summed E-state index contributed by atoms with van der Waals surface area (Å²) < 4.78 is 25.2. The summed E-state index contributed by atoms with van der Waals surface area (Å²) in [5.74, 6) is -0.386. The van der Waals surface area contributed by atoms with E-state index in [1.54, 1.807) is 24.4 Å². The third kappa shape index (κ3) is 5.19. The molecule has 0 spiro atoms. The molecule has 1 aliphatic carbocycles. The van der Waals surface area contributed by atoms with Crippen LogP contribution >= 0.6 is 11.6 Å². The minimum Gasteiger partial charge on any atom is -0.383 e. The van der Waals surface area contributed by atoms with Gasteiger partial charge in [-0.15, -0.1) is 5.53 Å². The van der Waals surface area contributed by atoms with Crippen molar-refractivity contribution in [2.24, 2.45) is 7.05 Å². The van der Waals surface area contributed by atoms with Crippen molar-refractivity contribution >= 4 is 33.9 Å². The van der Waals surface area contributed by atoms with Crippen molar-refractivity contribution < 1.29 is 5.76 Å². The molecule has 4 aromatic rings. The summed E-state index contributed by atoms with van der Waals surface area (Å²) in [4.78, 5) is 4.44. The van der Waals surface area contributed by atoms with Gasteiger partial charge in [-0.25, -0.2) is 4.39 Å². The van der Waals surface area contributed by atoms with Crippen LogP contribution in [0.3, 0.4) is 0 Å². The quantitative estimate of drug-likeness (QED) is 0.239. The van der Waals surface area contributed by atoms with Gasteiger partial charge in [0.1, 0.15) is 11.9 Å². The Balaban J connectivity index is 1.38. The van der Waals surface area contributed by atoms with Gasteiger partial charge >= 0.3 is 0 Å². The molecule has 2 aromatic carbocycles. The largest absolute Gasteiger partial charge is 0.383 e. The highest BCUT2D eigenvalue weighted by molar-refractivity contribution is 6.35. The first-order valence-corrected chi connectivity index (χ1v) is 13.0. The van der Waals surface area contributed by atoms with E-state index >= 15 is 0 Å². The topological polar surface area (TPSA) is 106 Å². The van der Waals surface area contributed by atoms with Crippen LogP contribution in [0.25, 0.3) is 10.9 Å². The second-order valence-corrected chi connectivity index (χ2v) is 9.97. The molecule has 198 valence electrons. The van der Waals surface area contributed by atoms with E-state index in [2.05, 4.69) is 37.7 Å². The summed E-state index contributed by atoms with van der Waals surface area (Å²) >= 11 is 6.71. The number of pyridine rings is 1. The number of hydrogen-bond donors (Lipinski definition) is 4. The third-order valence-corrected chi connectivity index (χ3v) is 7.14. The molecular weight excluding hydrogens is 517 g/mol. The maximum absolute atomic E-state index is 13.8. The summed E-state index contributed by atoms with van der Waals surface area (Å²) in [6.45, 7) is 0.556. The highest BCUT2D eigenvalue weighted by atomic mass is 35.5. The molecule has 11 heteroatoms. The lowest BCUT2D eigenvalue weighted by Crippen LogP contribution is -2.38. The van der Waals surface area contributed by atoms with E-state index in [0.717, 1.165) is 18.5 Å². The number of nitrogens with one attached hydrogen (secondary N) is 4. The average molecular weight is 545 g/mol. The molecular formula is C28H27ClFN9. The summed E-state index contributed by atoms with van der Waals surface area (Å²) in [6.07, 6.45) is 7.95. The van der Waals surface area contributed by atoms with Crippen LogP contribution in [0.1, 0.15) is 37.1 Å². The summed E-state index contributed by atoms with van der Waals surface area (Å²) in [5.41, 5.74) is 10.4. The molecule has 9 nitrogen and oxygen atoms in total. The minimum absolute atomic E-state index is 0.367. The molecule has 39 heavy (non-hydrogen) atoms. The zero-order valence-corrected chi connectivity index (χ0v) is 21.9. The second kappa shape index (κ2) is 10.4. The van der Waals surface area contributed by atoms with E-state index in [0.29, 0.717) is 63.1 Å². The van der Waals surface area contributed by atoms with Crippen molar-refractivity contribution in [2.75, 3.05) is 17.2 Å². The van der Waals surface area contributed by atoms with Crippen molar-refractivity contribution in [3.8, 4) is 6.07 Å². The number of aromatic nitrogens is 3. The van der Waals surface area contributed by atoms with Gasteiger partial charge in [-0.05, 0) is 48.7 Å². The van der Waals surface area contributed by atoms with Gasteiger partial charge in [-0.1, -0.05) is 23.7 Å². The first-order chi connectivity index (χ1) is 19.4. The Morgan fingerprint density at radius 3 is 2.82 bits per heavy atom. The standard InChI is InChI=1S/C28H27ClFN9/c1-38-21(9-11-34-38)8-10-32-26-18(14-31)15-33-28-23(26)12-20(13-24(28)29)35-27(17-2-4-19(30)5-3-17)25-16-39(37-36-25)22-6-7-22/h2-5,9,11-13,15-16,22,27,35-37H,6-8,10H2,1H3,(H,32,33)/t27-/m1/s1/i27D. The van der Waals surface area contributed by atoms with Crippen molar-refractivity contribution in [2.45, 2.75) is 31.3 Å². The highest BCUT2D eigenvalue weighted by Gasteiger charge is 2.32. The van der Waals surface area contributed by atoms with Gasteiger partial charge in [0.15, 0.2) is 0 Å². The Hall–Kier alpha value is -4.33. The molecule has 0 saturated heterocycles. The van der Waals surface area contributed by atoms with Crippen LogP contribution in [-0.2, 0) is 13.5 Å². The number of nitrogens with zero attached hydrogens (tertiary/aromatic N) is 5. The van der Waals surface area contributed by atoms with Gasteiger partial charge in [-0.3, -0.25) is 14.7 Å². The maximum Gasteiger partial charge on any atom is 0.123 e. The fourth-order valence-electron chi connectivity index (χ4n) is 4.63. The minimum atomic E-state index is -1.52. The molecule has 1 aliphatic heterocycles. The van der Waals surface area contributed by atoms with Crippen LogP contribution in [0.15, 0.2) is 66.8 Å². The smallest absolute Gasteiger partial charge is 0.123 e. The fraction of sp³-hybridized carbons (Fsp3) is 0.250. The molecule has 0 bridgehead atoms. The van der Waals surface area contributed by atoms with Crippen LogP contribution in [0, 0.1) is 17.1 Å². The average Bonchev–Trinajstić information content (AvgIpc) is 3.52. The van der Waals surface area contributed by atoms with Crippen LogP contribution in [0.5, 0.6) is 0 Å². The van der Waals surface area contributed by atoms with Crippen molar-refractivity contribution in [3.63, 3.8) is 0 Å². The first kappa shape index (κ1) is 23.8. The molecule has 0 amide bonds. The maximum atomic E-state index is 13.8. The second-order valence-electron chi connectivity index (χ2n) is 9.56. The van der Waals surface area contributed by atoms with Crippen molar-refractivity contribution in [3.05, 3.63) is 94.4 Å². The zero-order valence-electron chi connectivity index (χ0n) is 22.2. The van der Waals surface area contributed by atoms with E-state index in [-0.39, 0.29) is 5.82 Å². The Morgan fingerprint density at radius 1 is 1.28 bits per heavy atom. The number of rotatable bonds is 9. The van der Waals surface area contributed by atoms with Gasteiger partial charge in [0.2, 0.25) is 0 Å². The lowest BCUT2D eigenvalue weighted by molar-refractivity contribution is 0.260. The number of benzene rings is 2. The lowest BCUT2D eigenvalue weighted by atomic mass is 10.0. The van der Waals surface area contributed by atoms with E-state index in [9.17, 15) is 11.0 Å². The van der Waals surface area contributed by atoms with Gasteiger partial charge in [0.25, 0.3) is 0 Å². The number of aryl methyl sites for hydroxylation is 1. The molecule has 1 atom stereocenters. The molecule has 1 fully saturated rings. The van der Waals surface area contributed by atoms with Gasteiger partial charge < -0.3 is 16.1 Å². The number of fused-ring (bicyclic) bond motifs is 1. The van der Waals surface area contributed by atoms with Crippen LogP contribution in [0.4, 0.5) is 15.8 Å². The Morgan fingerprint density at radius 2 is 2.10 bits per heavy atom. The van der Waals surface area contributed by atoms with Crippen LogP contribution in [-0.4, -0.2) is 32.4 Å². The van der Waals surface area contributed by atoms with Crippen molar-refractivity contribution in [1.82, 2.24) is 30.7 Å². The predicted molar refractivity (Wildman–Crippen MR) is 149 cm³/mol. The predicted octanol–water partition coefficient (Wildman–Crippen LogP) is 4.77. The molecule has 2 aromatic heterocycles. The van der Waals surface area contributed by atoms with E-state index < -0.39 is 6.02 Å². The van der Waals surface area contributed by atoms with Gasteiger partial charge in [-0.2, -0.15) is 10.4 Å². The molecule has 1 saturated carbocycles. The molecule has 6 rings (SSSR count). The summed E-state index contributed by atoms with van der Waals surface area (Å²) in [5, 5.41) is 23.7. The van der Waals surface area contributed by atoms with Gasteiger partial charge in [0, 0.05) is 61.4 Å². The summed E-state index contributed by atoms with van der Waals surface area (Å²) in [7, 11) is 1.89. The molecule has 3 heterocycles. The Kier molecular flexibility index (Phi) is 6.36. The zero-order chi connectivity index (χ0) is 27.9. The Bertz CT molecular complexity index is 1640. The first-order valence-electron chi connectivity index (χ1n) is 13.2. The highest BCUT2D eigenvalue weighted by Crippen LogP contribution is 2.36. The fourth-order valence-corrected chi connectivity index (χ4v) is 4.90. The Labute approximate surface area is 231 Å². The molecule has 2 aliphatic rings. The van der Waals surface area contributed by atoms with E-state index in [4.69, 9.17) is 11.6 Å². The normalized spacial score (nSPS) is 16.7. The number of halogens is 2. The summed E-state index contributed by atoms with van der Waals surface area (Å²) in [6, 6.07) is 12.4. The molecule has 0 radical (unpaired) electrons. The van der Waals surface area contributed by atoms with Crippen LogP contribution < -0.4 is 21.6 Å². The molecule has 0 unspecified atom stereocenters. The number of nitriles is 1. The lowest BCUT2D eigenvalue weighted by Gasteiger charge is -2.22. The van der Waals surface area contributed by atoms with E-state index in [1.807, 2.05) is 35.1 Å². The SMILES string of the molecule is [2H][C@](Nc1cc(Cl)c2ncc(C#N)c(NCCc3ccnn3C)c2c1)(C1=CN(C2CC2)NN1)c1ccc(F)cc1. The van der Waals surface area contributed by atoms with Crippen molar-refractivity contribution in [1.29, 1.82) is 5.26 Å². The molecule has 4 N–H and O–H groups in total. The van der Waals surface area contributed by atoms with Crippen LogP contribution in [0.2, 0.25) is 5.02 Å². The third-order valence-electron chi connectivity index (χ3n) is 6.85. The number of hydrogen-bond acceptors (Lipinski definition) is 8. The van der Waals surface area contributed by atoms with Gasteiger partial charge in [0.05, 0.1) is 34.9 Å². The number of anilines is 2. The van der Waals surface area contributed by atoms with E-state index in [1.165, 1.54) is 18.3 Å². The number of hydrazine groups is 2.